The molecule has 2 heterocycles. The second kappa shape index (κ2) is 4.14. The van der Waals surface area contributed by atoms with Gasteiger partial charge in [-0.25, -0.2) is 0 Å². The number of aromatic nitrogens is 1. The Morgan fingerprint density at radius 3 is 2.88 bits per heavy atom. The van der Waals surface area contributed by atoms with Crippen molar-refractivity contribution in [3.8, 4) is 5.88 Å². The Labute approximate surface area is 93.0 Å². The maximum Gasteiger partial charge on any atom is 0.215 e. The van der Waals surface area contributed by atoms with E-state index < -0.39 is 0 Å². The average molecular weight is 219 g/mol. The lowest BCUT2D eigenvalue weighted by Gasteiger charge is -2.08. The van der Waals surface area contributed by atoms with E-state index in [1.807, 2.05) is 12.1 Å². The molecule has 0 aromatic carbocycles. The molecule has 0 bridgehead atoms. The normalized spacial score (nSPS) is 10.3. The van der Waals surface area contributed by atoms with Gasteiger partial charge >= 0.3 is 0 Å². The minimum Gasteiger partial charge on any atom is -0.481 e. The predicted octanol–water partition coefficient (Wildman–Crippen LogP) is 1.44. The molecule has 0 atom stereocenters. The Hall–Kier alpha value is -2.17. The van der Waals surface area contributed by atoms with Crippen molar-refractivity contribution in [2.45, 2.75) is 6.42 Å². The van der Waals surface area contributed by atoms with Crippen LogP contribution in [0.4, 0.5) is 11.5 Å². The van der Waals surface area contributed by atoms with Gasteiger partial charge in [-0.3, -0.25) is 0 Å². The van der Waals surface area contributed by atoms with Crippen LogP contribution in [0.3, 0.4) is 0 Å². The molecule has 0 amide bonds. The van der Waals surface area contributed by atoms with Crippen molar-refractivity contribution in [1.29, 1.82) is 0 Å². The number of ether oxygens (including phenoxy) is 1. The number of methoxy groups -OCH3 is 1. The van der Waals surface area contributed by atoms with Gasteiger partial charge in [0.05, 0.1) is 19.1 Å². The van der Waals surface area contributed by atoms with Crippen molar-refractivity contribution in [2.24, 2.45) is 0 Å². The summed E-state index contributed by atoms with van der Waals surface area (Å²) < 4.78 is 10.3. The van der Waals surface area contributed by atoms with E-state index in [0.717, 1.165) is 11.3 Å². The predicted molar refractivity (Wildman–Crippen MR) is 61.1 cm³/mol. The summed E-state index contributed by atoms with van der Waals surface area (Å²) in [6.45, 7) is 0. The number of nitrogens with two attached hydrogens (primary N) is 2. The van der Waals surface area contributed by atoms with Crippen molar-refractivity contribution in [1.82, 2.24) is 4.98 Å². The molecular weight excluding hydrogens is 206 g/mol. The number of furan rings is 1. The summed E-state index contributed by atoms with van der Waals surface area (Å²) in [7, 11) is 1.54. The molecule has 0 aliphatic rings. The number of nitrogen functional groups attached to an aromatic ring is 2. The van der Waals surface area contributed by atoms with Crippen molar-refractivity contribution in [3.05, 3.63) is 35.8 Å². The fourth-order valence-electron chi connectivity index (χ4n) is 1.45. The summed E-state index contributed by atoms with van der Waals surface area (Å²) in [4.78, 5) is 3.98. The number of hydrogen-bond acceptors (Lipinski definition) is 5. The Morgan fingerprint density at radius 1 is 1.44 bits per heavy atom. The highest BCUT2D eigenvalue weighted by Crippen LogP contribution is 2.25. The first kappa shape index (κ1) is 10.4. The van der Waals surface area contributed by atoms with Crippen LogP contribution < -0.4 is 16.2 Å². The lowest BCUT2D eigenvalue weighted by atomic mass is 10.1. The molecule has 2 aromatic heterocycles. The Bertz CT molecular complexity index is 480. The minimum absolute atomic E-state index is 0.279. The molecule has 0 aliphatic heterocycles. The van der Waals surface area contributed by atoms with E-state index in [0.29, 0.717) is 18.0 Å². The van der Waals surface area contributed by atoms with Crippen LogP contribution in [0.5, 0.6) is 5.88 Å². The van der Waals surface area contributed by atoms with Crippen molar-refractivity contribution >= 4 is 11.5 Å². The average Bonchev–Trinajstić information content (AvgIpc) is 2.77. The van der Waals surface area contributed by atoms with Crippen LogP contribution in [0.25, 0.3) is 0 Å². The quantitative estimate of drug-likeness (QED) is 0.815. The second-order valence-electron chi connectivity index (χ2n) is 3.38. The molecule has 0 radical (unpaired) electrons. The molecule has 5 nitrogen and oxygen atoms in total. The number of pyridine rings is 1. The summed E-state index contributed by atoms with van der Waals surface area (Å²) in [6.07, 6.45) is 2.19. The fraction of sp³-hybridized carbons (Fsp3) is 0.182. The summed E-state index contributed by atoms with van der Waals surface area (Å²) in [5, 5.41) is 0. The van der Waals surface area contributed by atoms with E-state index in [4.69, 9.17) is 20.6 Å². The van der Waals surface area contributed by atoms with Crippen LogP contribution in [0, 0.1) is 0 Å². The van der Waals surface area contributed by atoms with Gasteiger partial charge in [-0.15, -0.1) is 0 Å². The lowest BCUT2D eigenvalue weighted by Crippen LogP contribution is -2.04. The topological polar surface area (TPSA) is 87.3 Å². The van der Waals surface area contributed by atoms with Gasteiger partial charge in [0, 0.05) is 12.5 Å². The third-order valence-corrected chi connectivity index (χ3v) is 2.30. The molecule has 0 saturated carbocycles. The Morgan fingerprint density at radius 2 is 2.25 bits per heavy atom. The molecule has 5 heteroatoms. The van der Waals surface area contributed by atoms with Crippen molar-refractivity contribution < 1.29 is 9.15 Å². The van der Waals surface area contributed by atoms with Crippen LogP contribution in [-0.4, -0.2) is 12.1 Å². The SMILES string of the molecule is COc1cc(Cc2ccco2)c(N)c(N)n1. The second-order valence-corrected chi connectivity index (χ2v) is 3.38. The van der Waals surface area contributed by atoms with Gasteiger partial charge in [-0.1, -0.05) is 0 Å². The molecule has 0 aliphatic carbocycles. The molecule has 0 unspecified atom stereocenters. The molecule has 0 spiro atoms. The minimum atomic E-state index is 0.279. The van der Waals surface area contributed by atoms with Gasteiger partial charge in [-0.05, 0) is 17.7 Å². The molecular formula is C11H13N3O2. The highest BCUT2D eigenvalue weighted by Gasteiger charge is 2.09. The number of hydrogen-bond donors (Lipinski definition) is 2. The number of rotatable bonds is 3. The molecule has 0 saturated heterocycles. The van der Waals surface area contributed by atoms with Gasteiger partial charge in [0.15, 0.2) is 5.82 Å². The van der Waals surface area contributed by atoms with E-state index in [-0.39, 0.29) is 5.82 Å². The van der Waals surface area contributed by atoms with Crippen LogP contribution in [0.15, 0.2) is 28.9 Å². The maximum atomic E-state index is 5.84. The monoisotopic (exact) mass is 219 g/mol. The highest BCUT2D eigenvalue weighted by atomic mass is 16.5. The number of nitrogens with zero attached hydrogens (tertiary/aromatic N) is 1. The molecule has 84 valence electrons. The third kappa shape index (κ3) is 1.93. The van der Waals surface area contributed by atoms with Crippen molar-refractivity contribution in [2.75, 3.05) is 18.6 Å². The van der Waals surface area contributed by atoms with Gasteiger partial charge in [-0.2, -0.15) is 4.98 Å². The van der Waals surface area contributed by atoms with Crippen LogP contribution in [0.2, 0.25) is 0 Å². The Kier molecular flexibility index (Phi) is 2.68. The summed E-state index contributed by atoms with van der Waals surface area (Å²) in [5.41, 5.74) is 12.8. The smallest absolute Gasteiger partial charge is 0.215 e. The lowest BCUT2D eigenvalue weighted by molar-refractivity contribution is 0.398. The molecule has 4 N–H and O–H groups in total. The summed E-state index contributed by atoms with van der Waals surface area (Å²) in [6, 6.07) is 5.46. The summed E-state index contributed by atoms with van der Waals surface area (Å²) in [5.74, 6) is 1.55. The molecule has 16 heavy (non-hydrogen) atoms. The molecule has 2 aromatic rings. The van der Waals surface area contributed by atoms with Gasteiger partial charge in [0.25, 0.3) is 0 Å². The zero-order chi connectivity index (χ0) is 11.5. The molecule has 0 fully saturated rings. The summed E-state index contributed by atoms with van der Waals surface area (Å²) >= 11 is 0. The first-order valence-corrected chi connectivity index (χ1v) is 4.82. The van der Waals surface area contributed by atoms with Gasteiger partial charge in [0.1, 0.15) is 5.76 Å². The standard InChI is InChI=1S/C11H13N3O2/c1-15-9-6-7(10(12)11(13)14-9)5-8-3-2-4-16-8/h2-4,6H,5,12H2,1H3,(H2,13,14). The van der Waals surface area contributed by atoms with E-state index in [1.54, 1.807) is 12.3 Å². The Balaban J connectivity index is 2.36. The third-order valence-electron chi connectivity index (χ3n) is 2.30. The van der Waals surface area contributed by atoms with E-state index >= 15 is 0 Å². The first-order valence-electron chi connectivity index (χ1n) is 4.82. The van der Waals surface area contributed by atoms with E-state index in [1.165, 1.54) is 7.11 Å². The maximum absolute atomic E-state index is 5.84. The fourth-order valence-corrected chi connectivity index (χ4v) is 1.45. The van der Waals surface area contributed by atoms with Crippen molar-refractivity contribution in [3.63, 3.8) is 0 Å². The largest absolute Gasteiger partial charge is 0.481 e. The highest BCUT2D eigenvalue weighted by molar-refractivity contribution is 5.65. The van der Waals surface area contributed by atoms with Crippen LogP contribution in [0.1, 0.15) is 11.3 Å². The zero-order valence-electron chi connectivity index (χ0n) is 8.93. The van der Waals surface area contributed by atoms with E-state index in [2.05, 4.69) is 4.98 Å². The van der Waals surface area contributed by atoms with Crippen LogP contribution >= 0.6 is 0 Å². The first-order chi connectivity index (χ1) is 7.70. The van der Waals surface area contributed by atoms with Gasteiger partial charge in [0.2, 0.25) is 5.88 Å². The van der Waals surface area contributed by atoms with Crippen LogP contribution in [-0.2, 0) is 6.42 Å². The molecule has 2 rings (SSSR count). The zero-order valence-corrected chi connectivity index (χ0v) is 8.93. The van der Waals surface area contributed by atoms with E-state index in [9.17, 15) is 0 Å². The number of anilines is 2. The van der Waals surface area contributed by atoms with Gasteiger partial charge < -0.3 is 20.6 Å².